The van der Waals surface area contributed by atoms with Gasteiger partial charge in [0.1, 0.15) is 12.2 Å². The van der Waals surface area contributed by atoms with E-state index < -0.39 is 23.2 Å². The topological polar surface area (TPSA) is 123 Å². The zero-order chi connectivity index (χ0) is 30.4. The fraction of sp³-hybridized carbons (Fsp3) is 0.500. The average Bonchev–Trinajstić information content (AvgIpc) is 3.64. The van der Waals surface area contributed by atoms with Crippen molar-refractivity contribution in [1.82, 2.24) is 25.2 Å². The second-order valence-electron chi connectivity index (χ2n) is 11.6. The Kier molecular flexibility index (Phi) is 9.75. The van der Waals surface area contributed by atoms with Crippen molar-refractivity contribution in [3.05, 3.63) is 72.1 Å². The first kappa shape index (κ1) is 30.9. The summed E-state index contributed by atoms with van der Waals surface area (Å²) in [5.41, 5.74) is 0.691. The lowest BCUT2D eigenvalue weighted by atomic mass is 9.83. The Bertz CT molecular complexity index is 1310. The molecule has 0 spiro atoms. The lowest BCUT2D eigenvalue weighted by Crippen LogP contribution is -2.41. The quantitative estimate of drug-likeness (QED) is 0.232. The number of nitrogens with one attached hydrogen (secondary N) is 1. The number of esters is 1. The number of fused-ring (bicyclic) bond motifs is 1. The fourth-order valence-corrected chi connectivity index (χ4v) is 6.20. The van der Waals surface area contributed by atoms with E-state index in [0.717, 1.165) is 16.9 Å². The Hall–Kier alpha value is -4.08. The fourth-order valence-electron chi connectivity index (χ4n) is 6.20. The van der Waals surface area contributed by atoms with E-state index >= 15 is 0 Å². The van der Waals surface area contributed by atoms with Gasteiger partial charge in [-0.05, 0) is 64.9 Å². The third-order valence-electron chi connectivity index (χ3n) is 8.20. The maximum Gasteiger partial charge on any atom is 0.311 e. The number of carbonyl (C=O) groups is 4. The molecule has 3 amide bonds. The normalized spacial score (nSPS) is 23.1. The number of benzene rings is 1. The monoisotopic (exact) mass is 575 g/mol. The van der Waals surface area contributed by atoms with Gasteiger partial charge >= 0.3 is 5.97 Å². The van der Waals surface area contributed by atoms with Crippen LogP contribution in [0.5, 0.6) is 0 Å². The first-order valence-electron chi connectivity index (χ1n) is 14.6. The van der Waals surface area contributed by atoms with Gasteiger partial charge in [-0.1, -0.05) is 59.8 Å². The zero-order valence-corrected chi connectivity index (χ0v) is 25.0. The van der Waals surface area contributed by atoms with Crippen LogP contribution >= 0.6 is 0 Å². The highest BCUT2D eigenvalue weighted by molar-refractivity contribution is 6.08. The van der Waals surface area contributed by atoms with Crippen LogP contribution in [0.4, 0.5) is 0 Å². The third kappa shape index (κ3) is 6.53. The Morgan fingerprint density at radius 1 is 1.07 bits per heavy atom. The second-order valence-corrected chi connectivity index (χ2v) is 11.6. The summed E-state index contributed by atoms with van der Waals surface area (Å²) < 4.78 is 6.98. The van der Waals surface area contributed by atoms with Crippen LogP contribution in [0.2, 0.25) is 0 Å². The molecule has 1 aromatic heterocycles. The Balaban J connectivity index is 1.43. The summed E-state index contributed by atoms with van der Waals surface area (Å²) in [6.45, 7) is 9.33. The molecule has 1 saturated heterocycles. The summed E-state index contributed by atoms with van der Waals surface area (Å²) in [5, 5.41) is 11.3. The van der Waals surface area contributed by atoms with Crippen LogP contribution in [0.25, 0.3) is 0 Å². The summed E-state index contributed by atoms with van der Waals surface area (Å²) in [5.74, 6) is -2.21. The van der Waals surface area contributed by atoms with Crippen LogP contribution < -0.4 is 5.32 Å². The molecule has 0 radical (unpaired) electrons. The number of ether oxygens (including phenoxy) is 1. The maximum atomic E-state index is 13.3. The first-order valence-corrected chi connectivity index (χ1v) is 14.6. The molecule has 4 rings (SSSR count). The number of aromatic nitrogens is 3. The molecule has 2 fully saturated rings. The van der Waals surface area contributed by atoms with Gasteiger partial charge in [-0.2, -0.15) is 0 Å². The van der Waals surface area contributed by atoms with Gasteiger partial charge in [-0.3, -0.25) is 24.1 Å². The van der Waals surface area contributed by atoms with Crippen LogP contribution in [0, 0.1) is 29.1 Å². The van der Waals surface area contributed by atoms with E-state index in [0.29, 0.717) is 18.7 Å². The SMILES string of the molecule is CC=CC1CC(C=CC)C2C(=O)N(CC(=O)NCc3cn(C(CC(C)(C)C(=O)OCC)c4ccccc4)nn3)C(=O)C12. The molecule has 1 saturated carbocycles. The van der Waals surface area contributed by atoms with E-state index in [1.807, 2.05) is 82.3 Å². The Morgan fingerprint density at radius 3 is 2.26 bits per heavy atom. The molecule has 5 unspecified atom stereocenters. The van der Waals surface area contributed by atoms with Crippen molar-refractivity contribution in [2.75, 3.05) is 13.2 Å². The van der Waals surface area contributed by atoms with Crippen molar-refractivity contribution in [1.29, 1.82) is 0 Å². The number of hydrogen-bond acceptors (Lipinski definition) is 7. The van der Waals surface area contributed by atoms with Gasteiger partial charge in [0.05, 0.1) is 42.6 Å². The predicted molar refractivity (Wildman–Crippen MR) is 156 cm³/mol. The van der Waals surface area contributed by atoms with Gasteiger partial charge in [0.2, 0.25) is 17.7 Å². The number of nitrogens with zero attached hydrogens (tertiary/aromatic N) is 4. The second kappa shape index (κ2) is 13.3. The summed E-state index contributed by atoms with van der Waals surface area (Å²) in [6.07, 6.45) is 10.7. The molecule has 0 bridgehead atoms. The highest BCUT2D eigenvalue weighted by Crippen LogP contribution is 2.48. The molecule has 1 aliphatic carbocycles. The molecule has 5 atom stereocenters. The number of likely N-dealkylation sites (tertiary alicyclic amines) is 1. The van der Waals surface area contributed by atoms with Gasteiger partial charge in [-0.15, -0.1) is 5.10 Å². The van der Waals surface area contributed by atoms with E-state index in [-0.39, 0.29) is 48.8 Å². The summed E-state index contributed by atoms with van der Waals surface area (Å²) >= 11 is 0. The lowest BCUT2D eigenvalue weighted by Gasteiger charge is -2.28. The molecule has 1 aliphatic heterocycles. The molecule has 224 valence electrons. The molecule has 10 nitrogen and oxygen atoms in total. The van der Waals surface area contributed by atoms with E-state index in [1.165, 1.54) is 0 Å². The maximum absolute atomic E-state index is 13.3. The standard InChI is InChI=1S/C32H41N5O5/c1-6-12-22-16-23(13-7-2)28-27(22)29(39)36(30(28)40)20-26(38)33-18-24-19-37(35-34-24)25(21-14-10-9-11-15-21)17-32(4,5)31(41)42-8-3/h6-7,9-15,19,22-23,25,27-28H,8,16-18,20H2,1-5H3,(H,33,38). The molecule has 2 heterocycles. The third-order valence-corrected chi connectivity index (χ3v) is 8.20. The smallest absolute Gasteiger partial charge is 0.311 e. The number of carbonyl (C=O) groups excluding carboxylic acids is 4. The van der Waals surface area contributed by atoms with Crippen LogP contribution in [0.3, 0.4) is 0 Å². The number of imide groups is 1. The molecule has 10 heteroatoms. The first-order chi connectivity index (χ1) is 20.1. The van der Waals surface area contributed by atoms with Gasteiger partial charge in [0, 0.05) is 0 Å². The van der Waals surface area contributed by atoms with Crippen LogP contribution in [0.15, 0.2) is 60.8 Å². The molecule has 1 aromatic carbocycles. The lowest BCUT2D eigenvalue weighted by molar-refractivity contribution is -0.154. The van der Waals surface area contributed by atoms with Crippen molar-refractivity contribution >= 4 is 23.7 Å². The van der Waals surface area contributed by atoms with Crippen molar-refractivity contribution in [3.8, 4) is 0 Å². The molecular formula is C32H41N5O5. The largest absolute Gasteiger partial charge is 0.466 e. The predicted octanol–water partition coefficient (Wildman–Crippen LogP) is 3.85. The van der Waals surface area contributed by atoms with Crippen LogP contribution in [-0.4, -0.2) is 56.7 Å². The molecule has 2 aromatic rings. The van der Waals surface area contributed by atoms with Gasteiger partial charge in [0.25, 0.3) is 0 Å². The van der Waals surface area contributed by atoms with E-state index in [1.54, 1.807) is 17.8 Å². The minimum Gasteiger partial charge on any atom is -0.466 e. The minimum absolute atomic E-state index is 0.0212. The summed E-state index contributed by atoms with van der Waals surface area (Å²) in [4.78, 5) is 53.2. The van der Waals surface area contributed by atoms with Crippen LogP contribution in [0.1, 0.15) is 64.8 Å². The number of amides is 3. The van der Waals surface area contributed by atoms with Gasteiger partial charge < -0.3 is 10.1 Å². The van der Waals surface area contributed by atoms with E-state index in [4.69, 9.17) is 4.74 Å². The van der Waals surface area contributed by atoms with E-state index in [2.05, 4.69) is 15.6 Å². The summed E-state index contributed by atoms with van der Waals surface area (Å²) in [7, 11) is 0. The number of allylic oxidation sites excluding steroid dienone is 4. The highest BCUT2D eigenvalue weighted by atomic mass is 16.5. The van der Waals surface area contributed by atoms with Crippen molar-refractivity contribution in [2.45, 2.75) is 60.0 Å². The van der Waals surface area contributed by atoms with Gasteiger partial charge in [0.15, 0.2) is 0 Å². The van der Waals surface area contributed by atoms with Crippen molar-refractivity contribution in [3.63, 3.8) is 0 Å². The number of rotatable bonds is 12. The zero-order valence-electron chi connectivity index (χ0n) is 25.0. The number of hydrogen-bond donors (Lipinski definition) is 1. The molecule has 42 heavy (non-hydrogen) atoms. The van der Waals surface area contributed by atoms with Gasteiger partial charge in [-0.25, -0.2) is 4.68 Å². The highest BCUT2D eigenvalue weighted by Gasteiger charge is 2.57. The summed E-state index contributed by atoms with van der Waals surface area (Å²) in [6, 6.07) is 9.41. The van der Waals surface area contributed by atoms with Crippen molar-refractivity contribution in [2.24, 2.45) is 29.1 Å². The molecular weight excluding hydrogens is 534 g/mol. The van der Waals surface area contributed by atoms with Crippen molar-refractivity contribution < 1.29 is 23.9 Å². The Morgan fingerprint density at radius 2 is 1.69 bits per heavy atom. The Labute approximate surface area is 247 Å². The molecule has 2 aliphatic rings. The van der Waals surface area contributed by atoms with E-state index in [9.17, 15) is 19.2 Å². The average molecular weight is 576 g/mol. The molecule has 1 N–H and O–H groups in total. The minimum atomic E-state index is -0.776. The van der Waals surface area contributed by atoms with Crippen LogP contribution in [-0.2, 0) is 30.5 Å².